The topological polar surface area (TPSA) is 78.9 Å². The van der Waals surface area contributed by atoms with Gasteiger partial charge < -0.3 is 14.2 Å². The summed E-state index contributed by atoms with van der Waals surface area (Å²) >= 11 is 0. The average Bonchev–Trinajstić information content (AvgIpc) is 3.30. The molecule has 374 valence electrons. The first kappa shape index (κ1) is 61.9. The van der Waals surface area contributed by atoms with E-state index in [4.69, 9.17) is 14.2 Å². The lowest BCUT2D eigenvalue weighted by atomic mass is 10.1. The molecule has 0 aromatic rings. The molecule has 0 saturated heterocycles. The Morgan fingerprint density at radius 1 is 0.308 bits per heavy atom. The number of hydrogen-bond donors (Lipinski definition) is 0. The van der Waals surface area contributed by atoms with E-state index in [1.165, 1.54) is 141 Å². The van der Waals surface area contributed by atoms with Gasteiger partial charge in [-0.15, -0.1) is 0 Å². The van der Waals surface area contributed by atoms with E-state index in [0.29, 0.717) is 19.3 Å². The zero-order chi connectivity index (χ0) is 47.2. The molecule has 0 spiro atoms. The van der Waals surface area contributed by atoms with Crippen LogP contribution in [0, 0.1) is 0 Å². The highest BCUT2D eigenvalue weighted by atomic mass is 16.6. The Bertz CT molecular complexity index is 1230. The van der Waals surface area contributed by atoms with Gasteiger partial charge in [-0.25, -0.2) is 0 Å². The van der Waals surface area contributed by atoms with E-state index in [2.05, 4.69) is 93.7 Å². The van der Waals surface area contributed by atoms with Gasteiger partial charge in [-0.1, -0.05) is 209 Å². The lowest BCUT2D eigenvalue weighted by Crippen LogP contribution is -2.30. The van der Waals surface area contributed by atoms with Crippen LogP contribution in [0.25, 0.3) is 0 Å². The number of rotatable bonds is 49. The lowest BCUT2D eigenvalue weighted by Gasteiger charge is -2.18. The Morgan fingerprint density at radius 2 is 0.569 bits per heavy atom. The van der Waals surface area contributed by atoms with Crippen LogP contribution in [0.2, 0.25) is 0 Å². The van der Waals surface area contributed by atoms with Crippen LogP contribution in [-0.2, 0) is 28.6 Å². The number of carbonyl (C=O) groups is 3. The minimum Gasteiger partial charge on any atom is -0.462 e. The standard InChI is InChI=1S/C59H102O6/c1-4-7-10-13-16-19-22-25-28-29-32-34-37-40-43-46-49-52-58(61)64-55-56(65-59(62)53-50-47-44-41-38-35-31-27-24-21-18-15-12-9-6-3)54-63-57(60)51-48-45-42-39-36-33-30-26-23-20-17-14-11-8-5-2/h16,19-20,23,25,27-28,31-32,34,40,43,56H,4-15,17-18,21-22,24,26,29-30,33,35-39,41-42,44-55H2,1-3H3/b19-16-,23-20-,28-25-,31-27-,34-32-,43-40-/t56-/m0/s1. The van der Waals surface area contributed by atoms with Gasteiger partial charge in [0.15, 0.2) is 6.10 Å². The van der Waals surface area contributed by atoms with Gasteiger partial charge in [-0.05, 0) is 109 Å². The maximum atomic E-state index is 12.8. The number of esters is 3. The molecule has 0 fully saturated rings. The van der Waals surface area contributed by atoms with Crippen LogP contribution in [0.5, 0.6) is 0 Å². The van der Waals surface area contributed by atoms with Gasteiger partial charge in [0.25, 0.3) is 0 Å². The van der Waals surface area contributed by atoms with Crippen LogP contribution in [0.1, 0.15) is 265 Å². The summed E-state index contributed by atoms with van der Waals surface area (Å²) in [6.07, 6.45) is 67.4. The quantitative estimate of drug-likeness (QED) is 0.0262. The predicted octanol–water partition coefficient (Wildman–Crippen LogP) is 18.2. The molecule has 0 aromatic carbocycles. The second kappa shape index (κ2) is 53.5. The first-order valence-corrected chi connectivity index (χ1v) is 27.4. The van der Waals surface area contributed by atoms with Crippen LogP contribution in [0.15, 0.2) is 72.9 Å². The molecule has 0 N–H and O–H groups in total. The molecule has 0 saturated carbocycles. The van der Waals surface area contributed by atoms with Crippen molar-refractivity contribution in [3.63, 3.8) is 0 Å². The third kappa shape index (κ3) is 51.7. The predicted molar refractivity (Wildman–Crippen MR) is 279 cm³/mol. The van der Waals surface area contributed by atoms with Gasteiger partial charge in [0.05, 0.1) is 0 Å². The summed E-state index contributed by atoms with van der Waals surface area (Å²) < 4.78 is 16.8. The van der Waals surface area contributed by atoms with E-state index in [-0.39, 0.29) is 37.5 Å². The summed E-state index contributed by atoms with van der Waals surface area (Å²) in [5, 5.41) is 0. The van der Waals surface area contributed by atoms with Crippen LogP contribution >= 0.6 is 0 Å². The fourth-order valence-electron chi connectivity index (χ4n) is 7.48. The Kier molecular flexibility index (Phi) is 50.9. The molecule has 0 rings (SSSR count). The molecule has 0 aromatic heterocycles. The molecule has 1 atom stereocenters. The number of unbranched alkanes of at least 4 members (excludes halogenated alkanes) is 26. The molecule has 0 amide bonds. The van der Waals surface area contributed by atoms with Crippen molar-refractivity contribution < 1.29 is 28.6 Å². The van der Waals surface area contributed by atoms with E-state index in [1.54, 1.807) is 0 Å². The Hall–Kier alpha value is -3.15. The monoisotopic (exact) mass is 907 g/mol. The second-order valence-electron chi connectivity index (χ2n) is 18.1. The molecule has 0 bridgehead atoms. The Morgan fingerprint density at radius 3 is 0.985 bits per heavy atom. The molecule has 0 aliphatic carbocycles. The zero-order valence-electron chi connectivity index (χ0n) is 42.7. The first-order chi connectivity index (χ1) is 32.0. The highest BCUT2D eigenvalue weighted by molar-refractivity contribution is 5.71. The minimum atomic E-state index is -0.803. The molecule has 0 radical (unpaired) electrons. The molecule has 6 nitrogen and oxygen atoms in total. The van der Waals surface area contributed by atoms with Crippen molar-refractivity contribution >= 4 is 17.9 Å². The van der Waals surface area contributed by atoms with Crippen LogP contribution in [0.3, 0.4) is 0 Å². The number of carbonyl (C=O) groups excluding carboxylic acids is 3. The van der Waals surface area contributed by atoms with Crippen LogP contribution in [-0.4, -0.2) is 37.2 Å². The summed E-state index contributed by atoms with van der Waals surface area (Å²) in [6.45, 7) is 6.54. The summed E-state index contributed by atoms with van der Waals surface area (Å²) in [5.41, 5.74) is 0. The van der Waals surface area contributed by atoms with Crippen molar-refractivity contribution in [3.05, 3.63) is 72.9 Å². The Labute approximate surface area is 402 Å². The SMILES string of the molecule is CCCCC/C=C\C/C=C\C/C=C\C/C=C\CCCC(=O)OC[C@H](COC(=O)CCCCCCCCC/C=C\CCCCCC)OC(=O)CCCCCCC/C=C\CCCCCCCC. The fourth-order valence-corrected chi connectivity index (χ4v) is 7.48. The Balaban J connectivity index is 4.48. The maximum absolute atomic E-state index is 12.8. The van der Waals surface area contributed by atoms with Crippen molar-refractivity contribution in [2.75, 3.05) is 13.2 Å². The second-order valence-corrected chi connectivity index (χ2v) is 18.1. The van der Waals surface area contributed by atoms with Gasteiger partial charge in [0, 0.05) is 19.3 Å². The van der Waals surface area contributed by atoms with E-state index in [1.807, 2.05) is 0 Å². The van der Waals surface area contributed by atoms with Crippen molar-refractivity contribution in [1.29, 1.82) is 0 Å². The molecule has 6 heteroatoms. The number of hydrogen-bond acceptors (Lipinski definition) is 6. The number of ether oxygens (including phenoxy) is 3. The third-order valence-corrected chi connectivity index (χ3v) is 11.7. The highest BCUT2D eigenvalue weighted by Gasteiger charge is 2.19. The largest absolute Gasteiger partial charge is 0.462 e. The molecule has 0 unspecified atom stereocenters. The van der Waals surface area contributed by atoms with Gasteiger partial charge in [0.1, 0.15) is 13.2 Å². The normalized spacial score (nSPS) is 12.6. The summed E-state index contributed by atoms with van der Waals surface area (Å²) in [5.74, 6) is -0.964. The van der Waals surface area contributed by atoms with E-state index >= 15 is 0 Å². The van der Waals surface area contributed by atoms with Crippen LogP contribution < -0.4 is 0 Å². The summed E-state index contributed by atoms with van der Waals surface area (Å²) in [7, 11) is 0. The van der Waals surface area contributed by atoms with Crippen LogP contribution in [0.4, 0.5) is 0 Å². The van der Waals surface area contributed by atoms with Gasteiger partial charge in [-0.3, -0.25) is 14.4 Å². The molecular formula is C59H102O6. The lowest BCUT2D eigenvalue weighted by molar-refractivity contribution is -0.167. The molecule has 0 aliphatic heterocycles. The molecular weight excluding hydrogens is 805 g/mol. The highest BCUT2D eigenvalue weighted by Crippen LogP contribution is 2.14. The zero-order valence-corrected chi connectivity index (χ0v) is 42.7. The van der Waals surface area contributed by atoms with Gasteiger partial charge in [0.2, 0.25) is 0 Å². The van der Waals surface area contributed by atoms with E-state index in [9.17, 15) is 14.4 Å². The first-order valence-electron chi connectivity index (χ1n) is 27.4. The van der Waals surface area contributed by atoms with Crippen molar-refractivity contribution in [1.82, 2.24) is 0 Å². The summed E-state index contributed by atoms with van der Waals surface area (Å²) in [4.78, 5) is 38.0. The van der Waals surface area contributed by atoms with E-state index in [0.717, 1.165) is 77.0 Å². The smallest absolute Gasteiger partial charge is 0.306 e. The fraction of sp³-hybridized carbons (Fsp3) is 0.746. The van der Waals surface area contributed by atoms with Crippen molar-refractivity contribution in [2.24, 2.45) is 0 Å². The molecule has 0 aliphatic rings. The number of allylic oxidation sites excluding steroid dienone is 12. The van der Waals surface area contributed by atoms with Gasteiger partial charge in [-0.2, -0.15) is 0 Å². The third-order valence-electron chi connectivity index (χ3n) is 11.7. The summed E-state index contributed by atoms with van der Waals surface area (Å²) in [6, 6.07) is 0. The van der Waals surface area contributed by atoms with E-state index < -0.39 is 6.10 Å². The maximum Gasteiger partial charge on any atom is 0.306 e. The average molecular weight is 907 g/mol. The van der Waals surface area contributed by atoms with Crippen molar-refractivity contribution in [2.45, 2.75) is 271 Å². The van der Waals surface area contributed by atoms with Crippen molar-refractivity contribution in [3.8, 4) is 0 Å². The minimum absolute atomic E-state index is 0.0976. The molecule has 0 heterocycles. The van der Waals surface area contributed by atoms with Gasteiger partial charge >= 0.3 is 17.9 Å². The molecule has 65 heavy (non-hydrogen) atoms.